The summed E-state index contributed by atoms with van der Waals surface area (Å²) in [6, 6.07) is 0. The minimum absolute atomic E-state index is 0.0628. The highest BCUT2D eigenvalue weighted by molar-refractivity contribution is 5.82. The van der Waals surface area contributed by atoms with Gasteiger partial charge in [-0.25, -0.2) is 0 Å². The third-order valence-electron chi connectivity index (χ3n) is 8.75. The Morgan fingerprint density at radius 1 is 1.29 bits per heavy atom. The van der Waals surface area contributed by atoms with Crippen LogP contribution in [0, 0.1) is 39.9 Å². The molecule has 7 atom stereocenters. The highest BCUT2D eigenvalue weighted by Gasteiger charge is 2.78. The Kier molecular flexibility index (Phi) is 2.66. The number of rotatable bonds is 1. The molecular formula is C20H26O4. The lowest BCUT2D eigenvalue weighted by atomic mass is 9.51. The summed E-state index contributed by atoms with van der Waals surface area (Å²) in [5.41, 5.74) is 0.339. The van der Waals surface area contributed by atoms with E-state index in [1.54, 1.807) is 0 Å². The molecule has 1 spiro atoms. The number of carbonyl (C=O) groups is 2. The minimum Gasteiger partial charge on any atom is -0.481 e. The van der Waals surface area contributed by atoms with Crippen LogP contribution in [-0.4, -0.2) is 23.7 Å². The van der Waals surface area contributed by atoms with E-state index in [2.05, 4.69) is 6.58 Å². The van der Waals surface area contributed by atoms with Crippen molar-refractivity contribution in [1.29, 1.82) is 0 Å². The Balaban J connectivity index is 1.75. The number of hydrogen-bond donors (Lipinski definition) is 1. The average molecular weight is 330 g/mol. The Morgan fingerprint density at radius 2 is 2.08 bits per heavy atom. The molecule has 4 bridgehead atoms. The molecule has 5 aliphatic rings. The lowest BCUT2D eigenvalue weighted by Crippen LogP contribution is -2.58. The van der Waals surface area contributed by atoms with Gasteiger partial charge in [-0.1, -0.05) is 18.6 Å². The van der Waals surface area contributed by atoms with Crippen LogP contribution in [0.5, 0.6) is 0 Å². The molecule has 0 aromatic rings. The molecule has 24 heavy (non-hydrogen) atoms. The van der Waals surface area contributed by atoms with Crippen molar-refractivity contribution in [2.75, 3.05) is 6.61 Å². The molecule has 4 nitrogen and oxygen atoms in total. The van der Waals surface area contributed by atoms with Gasteiger partial charge in [0, 0.05) is 5.41 Å². The number of aliphatic carboxylic acids is 1. The smallest absolute Gasteiger partial charge is 0.312 e. The first-order valence-corrected chi connectivity index (χ1v) is 9.43. The topological polar surface area (TPSA) is 63.6 Å². The number of fused-ring (bicyclic) bond motifs is 1. The number of allylic oxidation sites excluding steroid dienone is 1. The average Bonchev–Trinajstić information content (AvgIpc) is 2.93. The van der Waals surface area contributed by atoms with E-state index in [0.717, 1.165) is 44.9 Å². The first kappa shape index (κ1) is 15.0. The molecule has 1 N–H and O–H groups in total. The third-order valence-corrected chi connectivity index (χ3v) is 8.75. The fourth-order valence-electron chi connectivity index (χ4n) is 8.18. The SMILES string of the molecule is C=C1C[C@]23C[C@H]1CC[C@H]2[C@@]12CCC[C@@](C)(C(=O)OC1)[C@H]2[C@@H]3C(=O)O. The Morgan fingerprint density at radius 3 is 2.83 bits per heavy atom. The van der Waals surface area contributed by atoms with Crippen molar-refractivity contribution < 1.29 is 19.4 Å². The van der Waals surface area contributed by atoms with Crippen LogP contribution in [0.1, 0.15) is 51.9 Å². The number of carboxylic acids is 1. The molecule has 4 saturated carbocycles. The van der Waals surface area contributed by atoms with E-state index >= 15 is 0 Å². The normalized spacial score (nSPS) is 54.9. The summed E-state index contributed by atoms with van der Waals surface area (Å²) < 4.78 is 5.71. The molecular weight excluding hydrogens is 304 g/mol. The van der Waals surface area contributed by atoms with Crippen LogP contribution in [0.2, 0.25) is 0 Å². The zero-order valence-electron chi connectivity index (χ0n) is 14.3. The molecule has 130 valence electrons. The van der Waals surface area contributed by atoms with E-state index in [1.807, 2.05) is 6.92 Å². The summed E-state index contributed by atoms with van der Waals surface area (Å²) in [5, 5.41) is 10.3. The molecule has 0 amide bonds. The van der Waals surface area contributed by atoms with Crippen LogP contribution in [0.15, 0.2) is 12.2 Å². The molecule has 4 aliphatic carbocycles. The van der Waals surface area contributed by atoms with Crippen molar-refractivity contribution in [2.45, 2.75) is 51.9 Å². The number of carboxylic acid groups (broad SMARTS) is 1. The molecule has 0 unspecified atom stereocenters. The maximum absolute atomic E-state index is 12.7. The first-order valence-electron chi connectivity index (χ1n) is 9.43. The summed E-state index contributed by atoms with van der Waals surface area (Å²) in [6.45, 7) is 6.72. The van der Waals surface area contributed by atoms with Gasteiger partial charge in [0.2, 0.25) is 0 Å². The summed E-state index contributed by atoms with van der Waals surface area (Å²) in [6.07, 6.45) is 6.85. The van der Waals surface area contributed by atoms with Gasteiger partial charge in [0.05, 0.1) is 17.9 Å². The van der Waals surface area contributed by atoms with Gasteiger partial charge in [-0.3, -0.25) is 9.59 Å². The van der Waals surface area contributed by atoms with Gasteiger partial charge in [0.25, 0.3) is 0 Å². The van der Waals surface area contributed by atoms with E-state index < -0.39 is 17.3 Å². The highest BCUT2D eigenvalue weighted by Crippen LogP contribution is 2.78. The van der Waals surface area contributed by atoms with E-state index in [1.165, 1.54) is 5.57 Å². The van der Waals surface area contributed by atoms with Crippen molar-refractivity contribution in [3.05, 3.63) is 12.2 Å². The van der Waals surface area contributed by atoms with Gasteiger partial charge >= 0.3 is 11.9 Å². The first-order chi connectivity index (χ1) is 11.4. The lowest BCUT2D eigenvalue weighted by Gasteiger charge is -2.55. The van der Waals surface area contributed by atoms with E-state index in [-0.39, 0.29) is 22.7 Å². The maximum Gasteiger partial charge on any atom is 0.312 e. The Hall–Kier alpha value is -1.32. The zero-order valence-corrected chi connectivity index (χ0v) is 14.3. The summed E-state index contributed by atoms with van der Waals surface area (Å²) in [4.78, 5) is 25.2. The van der Waals surface area contributed by atoms with Crippen molar-refractivity contribution in [2.24, 2.45) is 39.9 Å². The quantitative estimate of drug-likeness (QED) is 0.591. The number of ether oxygens (including phenoxy) is 1. The Labute approximate surface area is 142 Å². The van der Waals surface area contributed by atoms with Gasteiger partial charge in [-0.05, 0) is 68.6 Å². The largest absolute Gasteiger partial charge is 0.481 e. The fourth-order valence-corrected chi connectivity index (χ4v) is 8.18. The number of hydrogen-bond acceptors (Lipinski definition) is 3. The number of cyclic esters (lactones) is 1. The summed E-state index contributed by atoms with van der Waals surface area (Å²) >= 11 is 0. The van der Waals surface area contributed by atoms with Crippen molar-refractivity contribution in [1.82, 2.24) is 0 Å². The molecule has 5 rings (SSSR count). The lowest BCUT2D eigenvalue weighted by molar-refractivity contribution is -0.200. The molecule has 4 heteroatoms. The second-order valence-electron chi connectivity index (χ2n) is 9.47. The predicted molar refractivity (Wildman–Crippen MR) is 87.0 cm³/mol. The predicted octanol–water partition coefficient (Wildman–Crippen LogP) is 3.41. The van der Waals surface area contributed by atoms with E-state index in [0.29, 0.717) is 18.4 Å². The van der Waals surface area contributed by atoms with Gasteiger partial charge in [0.1, 0.15) is 0 Å². The zero-order chi connectivity index (χ0) is 16.9. The third kappa shape index (κ3) is 1.40. The highest BCUT2D eigenvalue weighted by atomic mass is 16.5. The monoisotopic (exact) mass is 330 g/mol. The van der Waals surface area contributed by atoms with Gasteiger partial charge in [0.15, 0.2) is 0 Å². The van der Waals surface area contributed by atoms with Crippen LogP contribution >= 0.6 is 0 Å². The molecule has 1 saturated heterocycles. The van der Waals surface area contributed by atoms with Crippen molar-refractivity contribution >= 4 is 11.9 Å². The molecule has 0 aromatic carbocycles. The number of esters is 1. The van der Waals surface area contributed by atoms with E-state index in [4.69, 9.17) is 4.74 Å². The summed E-state index contributed by atoms with van der Waals surface area (Å²) in [7, 11) is 0. The Bertz CT molecular complexity index is 669. The van der Waals surface area contributed by atoms with E-state index in [9.17, 15) is 14.7 Å². The fraction of sp³-hybridized carbons (Fsp3) is 0.800. The molecule has 0 radical (unpaired) electrons. The van der Waals surface area contributed by atoms with Crippen LogP contribution in [0.3, 0.4) is 0 Å². The summed E-state index contributed by atoms with van der Waals surface area (Å²) in [5.74, 6) is -0.458. The van der Waals surface area contributed by atoms with Gasteiger partial charge < -0.3 is 9.84 Å². The van der Waals surface area contributed by atoms with Gasteiger partial charge in [-0.2, -0.15) is 0 Å². The van der Waals surface area contributed by atoms with Crippen molar-refractivity contribution in [3.63, 3.8) is 0 Å². The van der Waals surface area contributed by atoms with Crippen LogP contribution in [-0.2, 0) is 14.3 Å². The minimum atomic E-state index is -0.690. The molecule has 1 heterocycles. The molecule has 5 fully saturated rings. The second-order valence-corrected chi connectivity index (χ2v) is 9.47. The maximum atomic E-state index is 12.7. The second kappa shape index (κ2) is 4.25. The van der Waals surface area contributed by atoms with Crippen molar-refractivity contribution in [3.8, 4) is 0 Å². The molecule has 0 aromatic heterocycles. The van der Waals surface area contributed by atoms with Crippen LogP contribution in [0.4, 0.5) is 0 Å². The molecule has 1 aliphatic heterocycles. The standard InChI is InChI=1S/C20H26O4/c1-11-8-20-9-12(11)4-5-13(20)19-7-3-6-18(2,17(23)24-10-19)15(19)14(20)16(21)22/h12-15H,1,3-10H2,2H3,(H,21,22)/t12-,13+,14-,15-,18-,19-,20+/m1/s1. The van der Waals surface area contributed by atoms with Gasteiger partial charge in [-0.15, -0.1) is 0 Å². The van der Waals surface area contributed by atoms with Crippen LogP contribution in [0.25, 0.3) is 0 Å². The van der Waals surface area contributed by atoms with Crippen LogP contribution < -0.4 is 0 Å². The number of carbonyl (C=O) groups excluding carboxylic acids is 1.